The molecule has 0 fully saturated rings. The summed E-state index contributed by atoms with van der Waals surface area (Å²) in [7, 11) is 1.49. The first kappa shape index (κ1) is 19.9. The van der Waals surface area contributed by atoms with E-state index < -0.39 is 24.6 Å². The van der Waals surface area contributed by atoms with Crippen LogP contribution in [0.4, 0.5) is 5.69 Å². The number of benzene rings is 2. The third-order valence-corrected chi connectivity index (χ3v) is 3.81. The highest BCUT2D eigenvalue weighted by molar-refractivity contribution is 6.35. The van der Waals surface area contributed by atoms with E-state index in [1.807, 2.05) is 0 Å². The van der Waals surface area contributed by atoms with Crippen molar-refractivity contribution in [2.75, 3.05) is 19.0 Å². The molecule has 0 aliphatic rings. The van der Waals surface area contributed by atoms with Gasteiger partial charge >= 0.3 is 5.97 Å². The van der Waals surface area contributed by atoms with Gasteiger partial charge in [0.15, 0.2) is 12.7 Å². The lowest BCUT2D eigenvalue weighted by atomic mass is 10.2. The van der Waals surface area contributed by atoms with E-state index in [0.29, 0.717) is 22.2 Å². The number of amides is 1. The fraction of sp³-hybridized carbons (Fsp3) is 0.222. The molecular formula is C18H17Cl2NO5. The first-order valence-electron chi connectivity index (χ1n) is 7.62. The number of para-hydroxylation sites is 2. The summed E-state index contributed by atoms with van der Waals surface area (Å²) in [6, 6.07) is 11.5. The molecule has 0 bridgehead atoms. The molecule has 1 atom stereocenters. The van der Waals surface area contributed by atoms with E-state index in [0.717, 1.165) is 0 Å². The van der Waals surface area contributed by atoms with Crippen LogP contribution in [0.25, 0.3) is 0 Å². The van der Waals surface area contributed by atoms with Gasteiger partial charge in [-0.1, -0.05) is 35.3 Å². The second-order valence-electron chi connectivity index (χ2n) is 5.19. The van der Waals surface area contributed by atoms with Crippen LogP contribution in [0.5, 0.6) is 11.5 Å². The van der Waals surface area contributed by atoms with Crippen LogP contribution in [0, 0.1) is 0 Å². The minimum Gasteiger partial charge on any atom is -0.495 e. The average molecular weight is 398 g/mol. The first-order valence-corrected chi connectivity index (χ1v) is 8.37. The average Bonchev–Trinajstić information content (AvgIpc) is 2.61. The van der Waals surface area contributed by atoms with Gasteiger partial charge in [-0.05, 0) is 37.3 Å². The molecule has 0 spiro atoms. The fourth-order valence-corrected chi connectivity index (χ4v) is 2.46. The molecule has 0 saturated heterocycles. The van der Waals surface area contributed by atoms with Crippen molar-refractivity contribution in [3.63, 3.8) is 0 Å². The number of halogens is 2. The Bertz CT molecular complexity index is 797. The molecule has 0 aliphatic heterocycles. The Kier molecular flexibility index (Phi) is 7.12. The Labute approximate surface area is 160 Å². The summed E-state index contributed by atoms with van der Waals surface area (Å²) < 4.78 is 15.5. The third-order valence-electron chi connectivity index (χ3n) is 3.28. The fourth-order valence-electron chi connectivity index (χ4n) is 2.00. The van der Waals surface area contributed by atoms with Crippen molar-refractivity contribution in [1.29, 1.82) is 0 Å². The summed E-state index contributed by atoms with van der Waals surface area (Å²) in [5.74, 6) is -0.412. The molecule has 0 unspecified atom stereocenters. The highest BCUT2D eigenvalue weighted by Gasteiger charge is 2.19. The van der Waals surface area contributed by atoms with Crippen molar-refractivity contribution in [2.45, 2.75) is 13.0 Å². The molecule has 138 valence electrons. The number of hydrogen-bond acceptors (Lipinski definition) is 5. The Balaban J connectivity index is 1.86. The van der Waals surface area contributed by atoms with E-state index in [2.05, 4.69) is 5.32 Å². The largest absolute Gasteiger partial charge is 0.495 e. The van der Waals surface area contributed by atoms with E-state index >= 15 is 0 Å². The van der Waals surface area contributed by atoms with Crippen LogP contribution in [0.15, 0.2) is 42.5 Å². The maximum Gasteiger partial charge on any atom is 0.344 e. The van der Waals surface area contributed by atoms with Crippen LogP contribution in [-0.4, -0.2) is 31.7 Å². The Hall–Kier alpha value is -2.44. The van der Waals surface area contributed by atoms with Crippen molar-refractivity contribution >= 4 is 40.8 Å². The summed E-state index contributed by atoms with van der Waals surface area (Å²) in [6.07, 6.45) is -1.02. The molecule has 2 aromatic carbocycles. The lowest BCUT2D eigenvalue weighted by Gasteiger charge is -2.15. The maximum absolute atomic E-state index is 12.2. The third kappa shape index (κ3) is 5.54. The molecule has 2 rings (SSSR count). The quantitative estimate of drug-likeness (QED) is 0.715. The van der Waals surface area contributed by atoms with Gasteiger partial charge in [0.2, 0.25) is 0 Å². The van der Waals surface area contributed by atoms with E-state index in [9.17, 15) is 9.59 Å². The molecule has 0 saturated carbocycles. The number of ether oxygens (including phenoxy) is 3. The Morgan fingerprint density at radius 3 is 2.54 bits per heavy atom. The van der Waals surface area contributed by atoms with Gasteiger partial charge in [0.05, 0.1) is 17.8 Å². The molecule has 6 nitrogen and oxygen atoms in total. The van der Waals surface area contributed by atoms with Gasteiger partial charge in [0, 0.05) is 5.02 Å². The van der Waals surface area contributed by atoms with Gasteiger partial charge in [-0.3, -0.25) is 4.79 Å². The van der Waals surface area contributed by atoms with Gasteiger partial charge in [-0.2, -0.15) is 0 Å². The summed E-state index contributed by atoms with van der Waals surface area (Å²) in [5, 5.41) is 3.36. The first-order chi connectivity index (χ1) is 12.4. The summed E-state index contributed by atoms with van der Waals surface area (Å²) in [6.45, 7) is 1.06. The zero-order valence-electron chi connectivity index (χ0n) is 14.1. The topological polar surface area (TPSA) is 73.9 Å². The van der Waals surface area contributed by atoms with E-state index in [1.165, 1.54) is 26.2 Å². The van der Waals surface area contributed by atoms with E-state index in [4.69, 9.17) is 37.4 Å². The maximum atomic E-state index is 12.2. The molecule has 1 amide bonds. The van der Waals surface area contributed by atoms with Gasteiger partial charge in [0.25, 0.3) is 5.91 Å². The lowest BCUT2D eigenvalue weighted by Crippen LogP contribution is -2.31. The Morgan fingerprint density at radius 2 is 1.85 bits per heavy atom. The molecule has 0 aliphatic carbocycles. The minimum atomic E-state index is -1.02. The van der Waals surface area contributed by atoms with Crippen LogP contribution < -0.4 is 14.8 Å². The van der Waals surface area contributed by atoms with Crippen molar-refractivity contribution < 1.29 is 23.8 Å². The predicted molar refractivity (Wildman–Crippen MR) is 99.1 cm³/mol. The number of carbonyl (C=O) groups excluding carboxylic acids is 2. The molecule has 8 heteroatoms. The number of nitrogens with one attached hydrogen (secondary N) is 1. The van der Waals surface area contributed by atoms with Gasteiger partial charge < -0.3 is 19.5 Å². The van der Waals surface area contributed by atoms with Crippen LogP contribution in [0.3, 0.4) is 0 Å². The van der Waals surface area contributed by atoms with Gasteiger partial charge in [0.1, 0.15) is 11.5 Å². The van der Waals surface area contributed by atoms with Crippen molar-refractivity contribution in [3.05, 3.63) is 52.5 Å². The molecule has 0 heterocycles. The molecule has 0 radical (unpaired) electrons. The molecule has 0 aromatic heterocycles. The van der Waals surface area contributed by atoms with Crippen molar-refractivity contribution in [3.8, 4) is 11.5 Å². The number of esters is 1. The predicted octanol–water partition coefficient (Wildman–Crippen LogP) is 3.95. The lowest BCUT2D eigenvalue weighted by molar-refractivity contribution is -0.155. The molecule has 2 aromatic rings. The van der Waals surface area contributed by atoms with Crippen molar-refractivity contribution in [2.24, 2.45) is 0 Å². The zero-order chi connectivity index (χ0) is 19.1. The number of rotatable bonds is 7. The highest BCUT2D eigenvalue weighted by atomic mass is 35.5. The number of hydrogen-bond donors (Lipinski definition) is 1. The van der Waals surface area contributed by atoms with Gasteiger partial charge in [-0.15, -0.1) is 0 Å². The minimum absolute atomic E-state index is 0.271. The van der Waals surface area contributed by atoms with Crippen LogP contribution in [0.1, 0.15) is 6.92 Å². The highest BCUT2D eigenvalue weighted by Crippen LogP contribution is 2.27. The SMILES string of the molecule is COc1ccccc1NC(=O)[C@H](C)OC(=O)COc1ccc(Cl)cc1Cl. The number of methoxy groups -OCH3 is 1. The van der Waals surface area contributed by atoms with E-state index in [1.54, 1.807) is 30.3 Å². The normalized spacial score (nSPS) is 11.4. The molecule has 26 heavy (non-hydrogen) atoms. The van der Waals surface area contributed by atoms with Crippen molar-refractivity contribution in [1.82, 2.24) is 0 Å². The monoisotopic (exact) mass is 397 g/mol. The molecular weight excluding hydrogens is 381 g/mol. The summed E-state index contributed by atoms with van der Waals surface area (Å²) in [5.41, 5.74) is 0.479. The zero-order valence-corrected chi connectivity index (χ0v) is 15.6. The summed E-state index contributed by atoms with van der Waals surface area (Å²) >= 11 is 11.7. The number of anilines is 1. The Morgan fingerprint density at radius 1 is 1.12 bits per heavy atom. The van der Waals surface area contributed by atoms with Crippen LogP contribution in [0.2, 0.25) is 10.0 Å². The number of carbonyl (C=O) groups is 2. The smallest absolute Gasteiger partial charge is 0.344 e. The van der Waals surface area contributed by atoms with E-state index in [-0.39, 0.29) is 5.02 Å². The molecule has 1 N–H and O–H groups in total. The van der Waals surface area contributed by atoms with Crippen LogP contribution >= 0.6 is 23.2 Å². The van der Waals surface area contributed by atoms with Gasteiger partial charge in [-0.25, -0.2) is 4.79 Å². The summed E-state index contributed by atoms with van der Waals surface area (Å²) in [4.78, 5) is 24.0. The second kappa shape index (κ2) is 9.31. The second-order valence-corrected chi connectivity index (χ2v) is 6.03. The standard InChI is InChI=1S/C18H17Cl2NO5/c1-11(18(23)21-14-5-3-4-6-16(14)24-2)26-17(22)10-25-15-8-7-12(19)9-13(15)20/h3-9,11H,10H2,1-2H3,(H,21,23)/t11-/m0/s1. The van der Waals surface area contributed by atoms with Crippen LogP contribution in [-0.2, 0) is 14.3 Å².